The summed E-state index contributed by atoms with van der Waals surface area (Å²) < 4.78 is 39.4. The van der Waals surface area contributed by atoms with Crippen LogP contribution in [0.3, 0.4) is 0 Å². The van der Waals surface area contributed by atoms with Crippen molar-refractivity contribution < 1.29 is 23.1 Å². The van der Waals surface area contributed by atoms with Crippen LogP contribution >= 0.6 is 0 Å². The second kappa shape index (κ2) is 6.31. The second-order valence-corrected chi connectivity index (χ2v) is 5.18. The van der Waals surface area contributed by atoms with Crippen LogP contribution in [0.4, 0.5) is 18.9 Å². The molecule has 1 amide bonds. The number of para-hydroxylation sites is 1. The third-order valence-corrected chi connectivity index (χ3v) is 3.38. The van der Waals surface area contributed by atoms with Gasteiger partial charge < -0.3 is 10.4 Å². The van der Waals surface area contributed by atoms with Gasteiger partial charge in [-0.2, -0.15) is 18.3 Å². The van der Waals surface area contributed by atoms with E-state index in [9.17, 15) is 23.1 Å². The number of amides is 1. The average Bonchev–Trinajstić information content (AvgIpc) is 2.97. The topological polar surface area (TPSA) is 67.2 Å². The van der Waals surface area contributed by atoms with Crippen molar-refractivity contribution in [1.29, 1.82) is 0 Å². The molecule has 0 saturated carbocycles. The van der Waals surface area contributed by atoms with Crippen molar-refractivity contribution in [3.05, 3.63) is 72.1 Å². The first-order chi connectivity index (χ1) is 11.8. The van der Waals surface area contributed by atoms with E-state index in [-0.39, 0.29) is 17.1 Å². The number of benzene rings is 2. The number of alkyl halides is 3. The molecule has 0 bridgehead atoms. The third-order valence-electron chi connectivity index (χ3n) is 3.38. The Kier molecular flexibility index (Phi) is 4.18. The van der Waals surface area contributed by atoms with E-state index in [1.807, 2.05) is 0 Å². The predicted octanol–water partition coefficient (Wildman–Crippen LogP) is 3.85. The van der Waals surface area contributed by atoms with Crippen LogP contribution in [0.5, 0.6) is 5.75 Å². The quantitative estimate of drug-likeness (QED) is 0.756. The smallest absolute Gasteiger partial charge is 0.416 e. The monoisotopic (exact) mass is 347 g/mol. The average molecular weight is 347 g/mol. The number of hydrogen-bond donors (Lipinski definition) is 2. The van der Waals surface area contributed by atoms with Crippen LogP contribution in [0.2, 0.25) is 0 Å². The van der Waals surface area contributed by atoms with Crippen LogP contribution in [-0.2, 0) is 6.18 Å². The van der Waals surface area contributed by atoms with E-state index < -0.39 is 17.6 Å². The van der Waals surface area contributed by atoms with Crippen molar-refractivity contribution in [3.63, 3.8) is 0 Å². The number of rotatable bonds is 3. The lowest BCUT2D eigenvalue weighted by Crippen LogP contribution is -2.14. The van der Waals surface area contributed by atoms with Gasteiger partial charge in [-0.15, -0.1) is 0 Å². The van der Waals surface area contributed by atoms with Crippen LogP contribution in [0.15, 0.2) is 60.8 Å². The fraction of sp³-hybridized carbons (Fsp3) is 0.0588. The zero-order valence-corrected chi connectivity index (χ0v) is 12.7. The van der Waals surface area contributed by atoms with Crippen molar-refractivity contribution in [1.82, 2.24) is 9.78 Å². The molecule has 0 spiro atoms. The summed E-state index contributed by atoms with van der Waals surface area (Å²) in [4.78, 5) is 12.2. The van der Waals surface area contributed by atoms with Crippen molar-refractivity contribution in [2.75, 3.05) is 5.32 Å². The van der Waals surface area contributed by atoms with Crippen LogP contribution in [0.25, 0.3) is 5.69 Å². The SMILES string of the molecule is O=C(Nc1cccc(C(F)(F)F)c1)c1nn(-c2ccccc2)cc1O. The minimum Gasteiger partial charge on any atom is -0.504 e. The molecule has 3 aromatic rings. The van der Waals surface area contributed by atoms with Crippen LogP contribution < -0.4 is 5.32 Å². The Morgan fingerprint density at radius 2 is 1.80 bits per heavy atom. The van der Waals surface area contributed by atoms with Crippen molar-refractivity contribution in [3.8, 4) is 11.4 Å². The largest absolute Gasteiger partial charge is 0.504 e. The summed E-state index contributed by atoms with van der Waals surface area (Å²) in [6.07, 6.45) is -3.27. The highest BCUT2D eigenvalue weighted by Gasteiger charge is 2.30. The Bertz CT molecular complexity index is 905. The first-order valence-corrected chi connectivity index (χ1v) is 7.17. The molecule has 1 heterocycles. The molecule has 8 heteroatoms. The highest BCUT2D eigenvalue weighted by Crippen LogP contribution is 2.31. The van der Waals surface area contributed by atoms with Gasteiger partial charge in [-0.3, -0.25) is 4.79 Å². The molecule has 0 fully saturated rings. The molecule has 0 saturated heterocycles. The number of anilines is 1. The molecule has 2 aromatic carbocycles. The van der Waals surface area contributed by atoms with Gasteiger partial charge in [-0.25, -0.2) is 4.68 Å². The summed E-state index contributed by atoms with van der Waals surface area (Å²) in [5.41, 5.74) is -0.602. The number of aromatic nitrogens is 2. The summed E-state index contributed by atoms with van der Waals surface area (Å²) in [5, 5.41) is 16.2. The number of carbonyl (C=O) groups is 1. The van der Waals surface area contributed by atoms with Gasteiger partial charge in [0.2, 0.25) is 0 Å². The van der Waals surface area contributed by atoms with Gasteiger partial charge in [0.05, 0.1) is 17.4 Å². The fourth-order valence-electron chi connectivity index (χ4n) is 2.20. The molecule has 5 nitrogen and oxygen atoms in total. The molecule has 0 atom stereocenters. The minimum absolute atomic E-state index is 0.0477. The fourth-order valence-corrected chi connectivity index (χ4v) is 2.20. The summed E-state index contributed by atoms with van der Waals surface area (Å²) in [6, 6.07) is 13.0. The number of halogens is 3. The molecule has 0 aliphatic carbocycles. The number of aromatic hydroxyl groups is 1. The molecule has 0 unspecified atom stereocenters. The number of nitrogens with zero attached hydrogens (tertiary/aromatic N) is 2. The Hall–Kier alpha value is -3.29. The summed E-state index contributed by atoms with van der Waals surface area (Å²) in [5.74, 6) is -1.19. The van der Waals surface area contributed by atoms with Gasteiger partial charge in [0.25, 0.3) is 5.91 Å². The van der Waals surface area contributed by atoms with Crippen molar-refractivity contribution in [2.45, 2.75) is 6.18 Å². The Morgan fingerprint density at radius 3 is 2.48 bits per heavy atom. The van der Waals surface area contributed by atoms with Gasteiger partial charge in [0.15, 0.2) is 11.4 Å². The zero-order valence-electron chi connectivity index (χ0n) is 12.7. The highest BCUT2D eigenvalue weighted by atomic mass is 19.4. The van der Waals surface area contributed by atoms with E-state index in [2.05, 4.69) is 10.4 Å². The molecule has 0 aliphatic rings. The maximum absolute atomic E-state index is 12.7. The molecule has 128 valence electrons. The van der Waals surface area contributed by atoms with Gasteiger partial charge in [-0.1, -0.05) is 24.3 Å². The van der Waals surface area contributed by atoms with Crippen molar-refractivity contribution >= 4 is 11.6 Å². The number of carbonyl (C=O) groups excluding carboxylic acids is 1. The molecular weight excluding hydrogens is 335 g/mol. The van der Waals surface area contributed by atoms with Gasteiger partial charge in [0.1, 0.15) is 0 Å². The van der Waals surface area contributed by atoms with Crippen LogP contribution in [0.1, 0.15) is 16.1 Å². The molecule has 2 N–H and O–H groups in total. The van der Waals surface area contributed by atoms with E-state index in [4.69, 9.17) is 0 Å². The van der Waals surface area contributed by atoms with E-state index in [1.165, 1.54) is 23.0 Å². The van der Waals surface area contributed by atoms with Crippen LogP contribution in [-0.4, -0.2) is 20.8 Å². The summed E-state index contributed by atoms with van der Waals surface area (Å²) in [7, 11) is 0. The van der Waals surface area contributed by atoms with E-state index in [0.717, 1.165) is 12.1 Å². The highest BCUT2D eigenvalue weighted by molar-refractivity contribution is 6.04. The predicted molar refractivity (Wildman–Crippen MR) is 84.6 cm³/mol. The maximum Gasteiger partial charge on any atom is 0.416 e. The number of nitrogens with one attached hydrogen (secondary N) is 1. The van der Waals surface area contributed by atoms with Gasteiger partial charge in [-0.05, 0) is 30.3 Å². The first kappa shape index (κ1) is 16.6. The molecule has 25 heavy (non-hydrogen) atoms. The van der Waals surface area contributed by atoms with Gasteiger partial charge >= 0.3 is 6.18 Å². The molecule has 1 aromatic heterocycles. The van der Waals surface area contributed by atoms with Crippen molar-refractivity contribution in [2.24, 2.45) is 0 Å². The van der Waals surface area contributed by atoms with E-state index >= 15 is 0 Å². The Balaban J connectivity index is 1.84. The molecule has 0 aliphatic heterocycles. The summed E-state index contributed by atoms with van der Waals surface area (Å²) >= 11 is 0. The lowest BCUT2D eigenvalue weighted by atomic mass is 10.2. The number of hydrogen-bond acceptors (Lipinski definition) is 3. The minimum atomic E-state index is -4.52. The summed E-state index contributed by atoms with van der Waals surface area (Å²) in [6.45, 7) is 0. The van der Waals surface area contributed by atoms with E-state index in [0.29, 0.717) is 5.69 Å². The maximum atomic E-state index is 12.7. The standard InChI is InChI=1S/C17H12F3N3O2/c18-17(19,20)11-5-4-6-12(9-11)21-16(25)15-14(24)10-23(22-15)13-7-2-1-3-8-13/h1-10,24H,(H,21,25). The van der Waals surface area contributed by atoms with Gasteiger partial charge in [0, 0.05) is 5.69 Å². The normalized spacial score (nSPS) is 11.3. The Labute approximate surface area is 140 Å². The zero-order chi connectivity index (χ0) is 18.0. The lowest BCUT2D eigenvalue weighted by Gasteiger charge is -2.09. The second-order valence-electron chi connectivity index (χ2n) is 5.18. The third kappa shape index (κ3) is 3.63. The molecular formula is C17H12F3N3O2. The van der Waals surface area contributed by atoms with E-state index in [1.54, 1.807) is 30.3 Å². The first-order valence-electron chi connectivity index (χ1n) is 7.17. The Morgan fingerprint density at radius 1 is 1.08 bits per heavy atom. The lowest BCUT2D eigenvalue weighted by molar-refractivity contribution is -0.137. The molecule has 0 radical (unpaired) electrons. The molecule has 3 rings (SSSR count). The van der Waals surface area contributed by atoms with Crippen LogP contribution in [0, 0.1) is 0 Å².